The van der Waals surface area contributed by atoms with E-state index in [1.54, 1.807) is 30.5 Å². The number of carbonyl (C=O) groups is 1. The number of amides is 1. The van der Waals surface area contributed by atoms with Crippen molar-refractivity contribution in [1.82, 2.24) is 15.2 Å². The first-order valence-electron chi connectivity index (χ1n) is 11.2. The molecule has 2 aliphatic heterocycles. The van der Waals surface area contributed by atoms with Gasteiger partial charge in [-0.05, 0) is 61.6 Å². The highest BCUT2D eigenvalue weighted by atomic mass is 19.1. The van der Waals surface area contributed by atoms with Crippen LogP contribution in [-0.4, -0.2) is 33.9 Å². The molecule has 2 N–H and O–H groups in total. The van der Waals surface area contributed by atoms with Crippen LogP contribution in [0.15, 0.2) is 72.9 Å². The van der Waals surface area contributed by atoms with Crippen LogP contribution in [-0.2, 0) is 6.54 Å². The van der Waals surface area contributed by atoms with Gasteiger partial charge in [0.25, 0.3) is 5.91 Å². The molecule has 2 saturated heterocycles. The number of nitrogens with one attached hydrogen (secondary N) is 2. The van der Waals surface area contributed by atoms with Crippen LogP contribution in [0, 0.1) is 5.82 Å². The molecule has 5 rings (SSSR count). The van der Waals surface area contributed by atoms with Crippen molar-refractivity contribution < 1.29 is 9.18 Å². The van der Waals surface area contributed by atoms with Gasteiger partial charge in [-0.2, -0.15) is 0 Å². The molecule has 1 amide bonds. The molecule has 6 heteroatoms. The normalized spacial score (nSPS) is 22.5. The average Bonchev–Trinajstić information content (AvgIpc) is 3.02. The van der Waals surface area contributed by atoms with Gasteiger partial charge in [-0.25, -0.2) is 9.37 Å². The molecular formula is C26H27FN4O. The third-order valence-corrected chi connectivity index (χ3v) is 6.57. The van der Waals surface area contributed by atoms with Crippen LogP contribution in [0.5, 0.6) is 0 Å². The number of piperidine rings is 1. The lowest BCUT2D eigenvalue weighted by molar-refractivity contribution is 0.0828. The van der Waals surface area contributed by atoms with E-state index in [1.165, 1.54) is 30.5 Å². The van der Waals surface area contributed by atoms with Gasteiger partial charge in [0.15, 0.2) is 0 Å². The number of pyridine rings is 1. The molecule has 0 radical (unpaired) electrons. The van der Waals surface area contributed by atoms with Crippen molar-refractivity contribution in [3.8, 4) is 0 Å². The minimum atomic E-state index is -0.338. The second-order valence-electron chi connectivity index (χ2n) is 8.72. The van der Waals surface area contributed by atoms with Crippen LogP contribution in [0.25, 0.3) is 0 Å². The summed E-state index contributed by atoms with van der Waals surface area (Å²) < 4.78 is 13.5. The van der Waals surface area contributed by atoms with E-state index in [1.807, 2.05) is 0 Å². The fraction of sp³-hybridized carbons (Fsp3) is 0.308. The Hall–Kier alpha value is -3.25. The van der Waals surface area contributed by atoms with Gasteiger partial charge in [-0.15, -0.1) is 0 Å². The maximum absolute atomic E-state index is 13.5. The van der Waals surface area contributed by atoms with Crippen molar-refractivity contribution >= 4 is 17.4 Å². The number of halogens is 1. The molecule has 0 spiro atoms. The van der Waals surface area contributed by atoms with Crippen LogP contribution in [0.1, 0.15) is 41.6 Å². The number of hydrogen-bond donors (Lipinski definition) is 2. The van der Waals surface area contributed by atoms with Gasteiger partial charge in [0.05, 0.1) is 5.56 Å². The summed E-state index contributed by atoms with van der Waals surface area (Å²) in [6.07, 6.45) is 5.91. The van der Waals surface area contributed by atoms with Gasteiger partial charge in [-0.3, -0.25) is 9.69 Å². The lowest BCUT2D eigenvalue weighted by atomic mass is 9.96. The number of nitrogens with zero attached hydrogens (tertiary/aromatic N) is 2. The van der Waals surface area contributed by atoms with E-state index in [4.69, 9.17) is 0 Å². The lowest BCUT2D eigenvalue weighted by Gasteiger charge is -2.39. The highest BCUT2D eigenvalue weighted by molar-refractivity contribution is 5.99. The topological polar surface area (TPSA) is 57.3 Å². The Balaban J connectivity index is 1.25. The number of hydrogen-bond acceptors (Lipinski definition) is 4. The molecule has 2 unspecified atom stereocenters. The van der Waals surface area contributed by atoms with Crippen molar-refractivity contribution in [3.63, 3.8) is 0 Å². The molecule has 3 heterocycles. The summed E-state index contributed by atoms with van der Waals surface area (Å²) in [6, 6.07) is 21.4. The second kappa shape index (κ2) is 9.09. The van der Waals surface area contributed by atoms with Crippen LogP contribution in [0.2, 0.25) is 0 Å². The maximum atomic E-state index is 13.5. The summed E-state index contributed by atoms with van der Waals surface area (Å²) in [6.45, 7) is 0.973. The summed E-state index contributed by atoms with van der Waals surface area (Å²) in [5.41, 5.74) is 2.37. The first-order chi connectivity index (χ1) is 15.7. The van der Waals surface area contributed by atoms with Gasteiger partial charge < -0.3 is 10.6 Å². The predicted molar refractivity (Wildman–Crippen MR) is 123 cm³/mol. The number of aromatic nitrogens is 1. The number of fused-ring (bicyclic) bond motifs is 2. The maximum Gasteiger partial charge on any atom is 0.255 e. The Labute approximate surface area is 187 Å². The molecule has 2 fully saturated rings. The summed E-state index contributed by atoms with van der Waals surface area (Å²) in [4.78, 5) is 20.0. The molecule has 0 saturated carbocycles. The highest BCUT2D eigenvalue weighted by Gasteiger charge is 2.41. The van der Waals surface area contributed by atoms with Gasteiger partial charge in [0.2, 0.25) is 0 Å². The van der Waals surface area contributed by atoms with E-state index in [9.17, 15) is 9.18 Å². The smallest absolute Gasteiger partial charge is 0.255 e. The zero-order valence-corrected chi connectivity index (χ0v) is 17.9. The summed E-state index contributed by atoms with van der Waals surface area (Å²) in [7, 11) is 0. The van der Waals surface area contributed by atoms with Gasteiger partial charge >= 0.3 is 0 Å². The van der Waals surface area contributed by atoms with Gasteiger partial charge in [0.1, 0.15) is 11.6 Å². The highest BCUT2D eigenvalue weighted by Crippen LogP contribution is 2.37. The van der Waals surface area contributed by atoms with Crippen molar-refractivity contribution in [2.75, 3.05) is 5.32 Å². The molecule has 0 aliphatic carbocycles. The first-order valence-corrected chi connectivity index (χ1v) is 11.2. The molecular weight excluding hydrogens is 403 g/mol. The van der Waals surface area contributed by atoms with Crippen LogP contribution in [0.4, 0.5) is 15.9 Å². The van der Waals surface area contributed by atoms with Crippen LogP contribution in [0.3, 0.4) is 0 Å². The average molecular weight is 431 g/mol. The summed E-state index contributed by atoms with van der Waals surface area (Å²) in [5, 5.41) is 6.31. The molecule has 2 aliphatic rings. The number of carbonyl (C=O) groups excluding carboxylic acids is 1. The number of rotatable bonds is 6. The molecule has 5 nitrogen and oxygen atoms in total. The van der Waals surface area contributed by atoms with E-state index < -0.39 is 0 Å². The molecule has 164 valence electrons. The Morgan fingerprint density at radius 2 is 1.78 bits per heavy atom. The van der Waals surface area contributed by atoms with E-state index in [0.29, 0.717) is 29.2 Å². The molecule has 32 heavy (non-hydrogen) atoms. The zero-order valence-electron chi connectivity index (χ0n) is 17.9. The minimum absolute atomic E-state index is 0.141. The Morgan fingerprint density at radius 3 is 2.53 bits per heavy atom. The predicted octanol–water partition coefficient (Wildman–Crippen LogP) is 4.89. The van der Waals surface area contributed by atoms with Crippen molar-refractivity contribution in [3.05, 3.63) is 89.9 Å². The second-order valence-corrected chi connectivity index (χ2v) is 8.72. The Kier molecular flexibility index (Phi) is 5.86. The fourth-order valence-corrected chi connectivity index (χ4v) is 5.10. The fourth-order valence-electron chi connectivity index (χ4n) is 5.10. The van der Waals surface area contributed by atoms with Crippen LogP contribution >= 0.6 is 0 Å². The summed E-state index contributed by atoms with van der Waals surface area (Å²) in [5.74, 6) is -0.0485. The van der Waals surface area contributed by atoms with E-state index in [2.05, 4.69) is 50.8 Å². The van der Waals surface area contributed by atoms with E-state index in [-0.39, 0.29) is 17.8 Å². The third kappa shape index (κ3) is 4.50. The van der Waals surface area contributed by atoms with Crippen molar-refractivity contribution in [1.29, 1.82) is 0 Å². The SMILES string of the molecule is O=C(NC1CC2CCC(C1)N2Cc1ccccc1)c1cccnc1Nc1cccc(F)c1. The van der Waals surface area contributed by atoms with Gasteiger partial charge in [-0.1, -0.05) is 36.4 Å². The number of benzene rings is 2. The largest absolute Gasteiger partial charge is 0.349 e. The molecule has 2 aromatic carbocycles. The van der Waals surface area contributed by atoms with Gasteiger partial charge in [0, 0.05) is 36.6 Å². The monoisotopic (exact) mass is 430 g/mol. The third-order valence-electron chi connectivity index (χ3n) is 6.57. The van der Waals surface area contributed by atoms with Crippen molar-refractivity contribution in [2.24, 2.45) is 0 Å². The Morgan fingerprint density at radius 1 is 1.00 bits per heavy atom. The van der Waals surface area contributed by atoms with Crippen molar-refractivity contribution in [2.45, 2.75) is 50.4 Å². The summed E-state index contributed by atoms with van der Waals surface area (Å²) >= 11 is 0. The minimum Gasteiger partial charge on any atom is -0.349 e. The zero-order chi connectivity index (χ0) is 21.9. The standard InChI is InChI=1S/C26H27FN4O/c27-19-8-4-9-20(14-19)29-25-24(10-5-13-28-25)26(32)30-21-15-22-11-12-23(16-21)31(22)17-18-6-2-1-3-7-18/h1-10,13-14,21-23H,11-12,15-17H2,(H,28,29)(H,30,32). The Bertz CT molecular complexity index is 1080. The lowest BCUT2D eigenvalue weighted by Crippen LogP contribution is -2.50. The van der Waals surface area contributed by atoms with Crippen LogP contribution < -0.4 is 10.6 Å². The van der Waals surface area contributed by atoms with E-state index in [0.717, 1.165) is 19.4 Å². The molecule has 2 atom stereocenters. The molecule has 3 aromatic rings. The molecule has 2 bridgehead atoms. The molecule has 1 aromatic heterocycles. The number of anilines is 2. The first kappa shape index (κ1) is 20.6. The van der Waals surface area contributed by atoms with E-state index >= 15 is 0 Å². The quantitative estimate of drug-likeness (QED) is 0.585.